The highest BCUT2D eigenvalue weighted by Crippen LogP contribution is 2.46. The molecule has 1 aliphatic carbocycles. The molecule has 1 N–H and O–H groups in total. The van der Waals surface area contributed by atoms with E-state index in [0.29, 0.717) is 10.3 Å². The molecule has 1 aromatic heterocycles. The molecule has 0 spiro atoms. The Morgan fingerprint density at radius 2 is 2.31 bits per heavy atom. The van der Waals surface area contributed by atoms with Gasteiger partial charge in [-0.05, 0) is 36.4 Å². The smallest absolute Gasteiger partial charge is 0.284 e. The molecule has 0 aliphatic heterocycles. The molecule has 1 heterocycles. The molecule has 13 heavy (non-hydrogen) atoms. The van der Waals surface area contributed by atoms with Gasteiger partial charge in [-0.15, -0.1) is 5.10 Å². The summed E-state index contributed by atoms with van der Waals surface area (Å²) in [6.45, 7) is 4.52. The molecule has 4 heteroatoms. The summed E-state index contributed by atoms with van der Waals surface area (Å²) in [4.78, 5) is 0.376. The number of nitrogens with one attached hydrogen (secondary N) is 1. The molecule has 0 bridgehead atoms. The highest BCUT2D eigenvalue weighted by atomic mass is 32.1. The fraction of sp³-hybridized carbons (Fsp3) is 0.778. The molecule has 1 fully saturated rings. The Kier molecular flexibility index (Phi) is 2.02. The number of nitrogens with zero attached hydrogens (tertiary/aromatic N) is 1. The van der Waals surface area contributed by atoms with Gasteiger partial charge in [-0.1, -0.05) is 13.8 Å². The Hall–Kier alpha value is -0.640. The van der Waals surface area contributed by atoms with Crippen molar-refractivity contribution < 1.29 is 4.42 Å². The first-order valence-electron chi connectivity index (χ1n) is 4.62. The molecule has 2 rings (SSSR count). The number of aromatic nitrogens is 2. The predicted octanol–water partition coefficient (Wildman–Crippen LogP) is 2.71. The van der Waals surface area contributed by atoms with Crippen LogP contribution in [-0.4, -0.2) is 10.2 Å². The van der Waals surface area contributed by atoms with Crippen LogP contribution >= 0.6 is 12.2 Å². The van der Waals surface area contributed by atoms with Gasteiger partial charge in [-0.25, -0.2) is 5.10 Å². The number of hydrogen-bond acceptors (Lipinski definition) is 3. The first-order valence-corrected chi connectivity index (χ1v) is 5.03. The van der Waals surface area contributed by atoms with Crippen LogP contribution in [0.1, 0.15) is 32.6 Å². The number of H-pyrrole nitrogens is 1. The summed E-state index contributed by atoms with van der Waals surface area (Å²) >= 11 is 4.82. The number of rotatable bonds is 3. The molecule has 3 nitrogen and oxygen atoms in total. The van der Waals surface area contributed by atoms with Crippen molar-refractivity contribution in [3.8, 4) is 0 Å². The van der Waals surface area contributed by atoms with Gasteiger partial charge in [0.15, 0.2) is 0 Å². The molecule has 0 unspecified atom stereocenters. The van der Waals surface area contributed by atoms with Crippen molar-refractivity contribution in [1.29, 1.82) is 0 Å². The summed E-state index contributed by atoms with van der Waals surface area (Å²) < 4.78 is 5.25. The van der Waals surface area contributed by atoms with Crippen LogP contribution in [0.5, 0.6) is 0 Å². The lowest BCUT2D eigenvalue weighted by Gasteiger charge is -2.21. The number of hydrogen-bond donors (Lipinski definition) is 1. The molecule has 72 valence electrons. The van der Waals surface area contributed by atoms with E-state index in [0.717, 1.165) is 18.2 Å². The second-order valence-corrected chi connectivity index (χ2v) is 4.82. The fourth-order valence-corrected chi connectivity index (χ4v) is 1.88. The third-order valence-corrected chi connectivity index (χ3v) is 2.95. The first kappa shape index (κ1) is 8.94. The first-order chi connectivity index (χ1) is 6.08. The van der Waals surface area contributed by atoms with E-state index in [4.69, 9.17) is 16.6 Å². The molecule has 0 saturated heterocycles. The van der Waals surface area contributed by atoms with Crippen LogP contribution in [0, 0.1) is 16.2 Å². The summed E-state index contributed by atoms with van der Waals surface area (Å²) in [7, 11) is 0. The minimum absolute atomic E-state index is 0.306. The van der Waals surface area contributed by atoms with Gasteiger partial charge in [-0.3, -0.25) is 0 Å². The average molecular weight is 198 g/mol. The molecule has 0 radical (unpaired) electrons. The highest BCUT2D eigenvalue weighted by molar-refractivity contribution is 7.71. The zero-order valence-electron chi connectivity index (χ0n) is 7.96. The van der Waals surface area contributed by atoms with Crippen molar-refractivity contribution in [3.63, 3.8) is 0 Å². The van der Waals surface area contributed by atoms with Crippen LogP contribution in [0.25, 0.3) is 0 Å². The van der Waals surface area contributed by atoms with E-state index in [1.807, 2.05) is 0 Å². The van der Waals surface area contributed by atoms with Gasteiger partial charge < -0.3 is 4.42 Å². The highest BCUT2D eigenvalue weighted by Gasteiger charge is 2.38. The monoisotopic (exact) mass is 198 g/mol. The molecule has 1 saturated carbocycles. The van der Waals surface area contributed by atoms with E-state index in [-0.39, 0.29) is 0 Å². The minimum Gasteiger partial charge on any atom is -0.414 e. The lowest BCUT2D eigenvalue weighted by Crippen LogP contribution is -2.17. The minimum atomic E-state index is 0.306. The molecule has 0 amide bonds. The topological polar surface area (TPSA) is 41.8 Å². The van der Waals surface area contributed by atoms with Crippen LogP contribution < -0.4 is 0 Å². The van der Waals surface area contributed by atoms with Gasteiger partial charge >= 0.3 is 0 Å². The van der Waals surface area contributed by atoms with Crippen LogP contribution in [0.4, 0.5) is 0 Å². The second kappa shape index (κ2) is 2.94. The van der Waals surface area contributed by atoms with Crippen molar-refractivity contribution in [2.45, 2.75) is 33.1 Å². The molecular formula is C9H14N2OS. The van der Waals surface area contributed by atoms with Gasteiger partial charge in [0, 0.05) is 6.42 Å². The van der Waals surface area contributed by atoms with E-state index in [1.165, 1.54) is 12.8 Å². The average Bonchev–Trinajstić information content (AvgIpc) is 2.78. The second-order valence-electron chi connectivity index (χ2n) is 4.45. The van der Waals surface area contributed by atoms with E-state index in [2.05, 4.69) is 24.0 Å². The van der Waals surface area contributed by atoms with Gasteiger partial charge in [-0.2, -0.15) is 0 Å². The SMILES string of the molecule is CC(C)(Cc1n[nH]c(=S)o1)C1CC1. The Labute approximate surface area is 82.5 Å². The summed E-state index contributed by atoms with van der Waals surface area (Å²) in [5, 5.41) is 6.66. The summed E-state index contributed by atoms with van der Waals surface area (Å²) in [5.74, 6) is 1.58. The van der Waals surface area contributed by atoms with Crippen molar-refractivity contribution in [2.75, 3.05) is 0 Å². The lowest BCUT2D eigenvalue weighted by atomic mass is 9.84. The fourth-order valence-electron chi connectivity index (χ4n) is 1.74. The summed E-state index contributed by atoms with van der Waals surface area (Å²) in [6, 6.07) is 0. The normalized spacial score (nSPS) is 17.7. The lowest BCUT2D eigenvalue weighted by molar-refractivity contribution is 0.276. The molecule has 0 atom stereocenters. The summed E-state index contributed by atoms with van der Waals surface area (Å²) in [6.07, 6.45) is 3.57. The molecule has 1 aliphatic rings. The number of aromatic amines is 1. The van der Waals surface area contributed by atoms with E-state index < -0.39 is 0 Å². The van der Waals surface area contributed by atoms with Crippen molar-refractivity contribution >= 4 is 12.2 Å². The van der Waals surface area contributed by atoms with Gasteiger partial charge in [0.2, 0.25) is 5.89 Å². The zero-order chi connectivity index (χ0) is 9.47. The maximum atomic E-state index is 5.25. The van der Waals surface area contributed by atoms with Crippen LogP contribution in [0.2, 0.25) is 0 Å². The van der Waals surface area contributed by atoms with Crippen LogP contribution in [-0.2, 0) is 6.42 Å². The van der Waals surface area contributed by atoms with Crippen molar-refractivity contribution in [1.82, 2.24) is 10.2 Å². The zero-order valence-corrected chi connectivity index (χ0v) is 8.78. The standard InChI is InChI=1S/C9H14N2OS/c1-9(2,6-3-4-6)5-7-10-11-8(13)12-7/h6H,3-5H2,1-2H3,(H,11,13). The quantitative estimate of drug-likeness (QED) is 0.759. The van der Waals surface area contributed by atoms with Gasteiger partial charge in [0.1, 0.15) is 0 Å². The Bertz CT molecular complexity index is 348. The van der Waals surface area contributed by atoms with E-state index >= 15 is 0 Å². The Balaban J connectivity index is 2.08. The maximum Gasteiger partial charge on any atom is 0.284 e. The Morgan fingerprint density at radius 3 is 2.77 bits per heavy atom. The van der Waals surface area contributed by atoms with Crippen LogP contribution in [0.15, 0.2) is 4.42 Å². The molecule has 1 aromatic rings. The van der Waals surface area contributed by atoms with Crippen molar-refractivity contribution in [2.24, 2.45) is 11.3 Å². The Morgan fingerprint density at radius 1 is 1.62 bits per heavy atom. The molecule has 0 aromatic carbocycles. The largest absolute Gasteiger partial charge is 0.414 e. The van der Waals surface area contributed by atoms with E-state index in [1.54, 1.807) is 0 Å². The molecular weight excluding hydrogens is 184 g/mol. The van der Waals surface area contributed by atoms with E-state index in [9.17, 15) is 0 Å². The third-order valence-electron chi connectivity index (χ3n) is 2.77. The van der Waals surface area contributed by atoms with Crippen molar-refractivity contribution in [3.05, 3.63) is 10.7 Å². The maximum absolute atomic E-state index is 5.25. The third kappa shape index (κ3) is 1.99. The predicted molar refractivity (Wildman–Crippen MR) is 51.9 cm³/mol. The van der Waals surface area contributed by atoms with Gasteiger partial charge in [0.05, 0.1) is 0 Å². The van der Waals surface area contributed by atoms with Crippen LogP contribution in [0.3, 0.4) is 0 Å². The summed E-state index contributed by atoms with van der Waals surface area (Å²) in [5.41, 5.74) is 0.306. The van der Waals surface area contributed by atoms with Gasteiger partial charge in [0.25, 0.3) is 4.84 Å².